The predicted octanol–water partition coefficient (Wildman–Crippen LogP) is 3.65. The van der Waals surface area contributed by atoms with Crippen LogP contribution in [0, 0.1) is 29.6 Å². The second-order valence-electron chi connectivity index (χ2n) is 17.1. The van der Waals surface area contributed by atoms with Crippen LogP contribution < -0.4 is 0 Å². The summed E-state index contributed by atoms with van der Waals surface area (Å²) in [6.07, 6.45) is 2.63. The van der Waals surface area contributed by atoms with Crippen LogP contribution in [0.15, 0.2) is 23.3 Å². The molecule has 4 aliphatic rings. The normalized spacial score (nSPS) is 41.0. The molecular weight excluding hydrogens is 738 g/mol. The zero-order valence-corrected chi connectivity index (χ0v) is 35.1. The number of nitrogens with zero attached hydrogens (tertiary/aromatic N) is 1. The Morgan fingerprint density at radius 1 is 0.912 bits per heavy atom. The second-order valence-corrected chi connectivity index (χ2v) is 17.1. The molecule has 3 aliphatic heterocycles. The Balaban J connectivity index is 1.78. The van der Waals surface area contributed by atoms with E-state index < -0.39 is 83.9 Å². The van der Waals surface area contributed by atoms with Crippen LogP contribution in [-0.4, -0.2) is 132 Å². The molecule has 0 aromatic carbocycles. The number of ether oxygens (including phenoxy) is 5. The second kappa shape index (κ2) is 20.9. The first-order valence-corrected chi connectivity index (χ1v) is 20.7. The first-order valence-electron chi connectivity index (χ1n) is 20.7. The number of hydrogen-bond donors (Lipinski definition) is 3. The number of allylic oxidation sites excluding steroid dienone is 3. The van der Waals surface area contributed by atoms with Crippen LogP contribution in [0.5, 0.6) is 0 Å². The van der Waals surface area contributed by atoms with Gasteiger partial charge in [-0.05, 0) is 89.0 Å². The Bertz CT molecular complexity index is 1480. The molecule has 14 unspecified atom stereocenters. The highest BCUT2D eigenvalue weighted by molar-refractivity contribution is 6.39. The van der Waals surface area contributed by atoms with E-state index in [4.69, 9.17) is 23.7 Å². The van der Waals surface area contributed by atoms with Crippen molar-refractivity contribution in [2.24, 2.45) is 29.6 Å². The lowest BCUT2D eigenvalue weighted by Crippen LogP contribution is -2.64. The molecule has 4 rings (SSSR count). The highest BCUT2D eigenvalue weighted by Crippen LogP contribution is 2.39. The molecule has 14 nitrogen and oxygen atoms in total. The SMILES string of the molecule is COC1CC(C=C(C)C2OC(=O)C3CCCCN3C(=O)C(=O)C3(O)OC(C(OC)CC(C)C/C(C)=C/C(CC=O)C(=O)CC(O)C2C)C(OC)CC3C)CCC1O. The number of carbonyl (C=O) groups is 5. The molecule has 0 aromatic heterocycles. The number of Topliss-reactive ketones (excluding diaryl/α,β-unsaturated/α-hetero) is 2. The van der Waals surface area contributed by atoms with Gasteiger partial charge in [0, 0.05) is 58.5 Å². The van der Waals surface area contributed by atoms with E-state index in [1.54, 1.807) is 34.0 Å². The number of carbonyl (C=O) groups excluding carboxylic acids is 5. The number of cyclic esters (lactones) is 1. The van der Waals surface area contributed by atoms with Gasteiger partial charge in [0.05, 0.1) is 30.5 Å². The van der Waals surface area contributed by atoms with Crippen molar-refractivity contribution >= 4 is 29.7 Å². The maximum Gasteiger partial charge on any atom is 0.329 e. The van der Waals surface area contributed by atoms with Gasteiger partial charge in [-0.15, -0.1) is 0 Å². The molecule has 0 spiro atoms. The Kier molecular flexibility index (Phi) is 17.2. The summed E-state index contributed by atoms with van der Waals surface area (Å²) < 4.78 is 29.6. The molecule has 2 bridgehead atoms. The Morgan fingerprint density at radius 3 is 2.23 bits per heavy atom. The third-order valence-electron chi connectivity index (χ3n) is 12.8. The number of esters is 1. The topological polar surface area (TPSA) is 195 Å². The van der Waals surface area contributed by atoms with Crippen molar-refractivity contribution in [2.45, 2.75) is 160 Å². The van der Waals surface area contributed by atoms with E-state index in [1.165, 1.54) is 14.2 Å². The number of amides is 1. The molecule has 0 aromatic rings. The molecular formula is C43H67NO13. The fraction of sp³-hybridized carbons (Fsp3) is 0.791. The monoisotopic (exact) mass is 805 g/mol. The Hall–Kier alpha value is -2.85. The van der Waals surface area contributed by atoms with Gasteiger partial charge in [0.1, 0.15) is 30.3 Å². The zero-order chi connectivity index (χ0) is 42.2. The highest BCUT2D eigenvalue weighted by Gasteiger charge is 2.56. The number of aliphatic hydroxyl groups is 3. The number of hydrogen-bond acceptors (Lipinski definition) is 13. The molecule has 0 radical (unpaired) electrons. The van der Waals surface area contributed by atoms with Gasteiger partial charge in [-0.2, -0.15) is 0 Å². The molecule has 3 fully saturated rings. The van der Waals surface area contributed by atoms with Gasteiger partial charge >= 0.3 is 5.97 Å². The summed E-state index contributed by atoms with van der Waals surface area (Å²) in [5.74, 6) is -8.44. The molecule has 322 valence electrons. The van der Waals surface area contributed by atoms with Crippen molar-refractivity contribution in [2.75, 3.05) is 27.9 Å². The van der Waals surface area contributed by atoms with Gasteiger partial charge in [-0.3, -0.25) is 14.4 Å². The van der Waals surface area contributed by atoms with Gasteiger partial charge in [-0.25, -0.2) is 4.79 Å². The van der Waals surface area contributed by atoms with Crippen LogP contribution in [0.1, 0.15) is 105 Å². The summed E-state index contributed by atoms with van der Waals surface area (Å²) >= 11 is 0. The number of aliphatic hydroxyl groups excluding tert-OH is 2. The minimum absolute atomic E-state index is 0.0384. The lowest BCUT2D eigenvalue weighted by Gasteiger charge is -2.47. The Morgan fingerprint density at radius 2 is 1.58 bits per heavy atom. The van der Waals surface area contributed by atoms with Gasteiger partial charge in [0.2, 0.25) is 5.79 Å². The summed E-state index contributed by atoms with van der Waals surface area (Å²) in [7, 11) is 4.55. The summed E-state index contributed by atoms with van der Waals surface area (Å²) in [4.78, 5) is 69.4. The van der Waals surface area contributed by atoms with Gasteiger partial charge < -0.3 is 48.7 Å². The number of piperidine rings is 1. The van der Waals surface area contributed by atoms with E-state index in [2.05, 4.69) is 0 Å². The minimum Gasteiger partial charge on any atom is -0.456 e. The third kappa shape index (κ3) is 11.3. The number of ketones is 2. The van der Waals surface area contributed by atoms with Crippen molar-refractivity contribution in [3.63, 3.8) is 0 Å². The van der Waals surface area contributed by atoms with Crippen molar-refractivity contribution in [1.82, 2.24) is 4.90 Å². The lowest BCUT2D eigenvalue weighted by atomic mass is 9.81. The molecule has 1 saturated carbocycles. The van der Waals surface area contributed by atoms with Gasteiger partial charge in [0.25, 0.3) is 11.7 Å². The standard InChI is InChI=1S/C43H67NO13/c1-24-17-25(2)19-36(54-7)39-37(55-8)21-27(4)43(52,57-39)40(49)41(50)44-15-10-9-11-31(44)42(51)56-38(26(3)20-29-12-13-32(46)35(22-29)53-6)28(5)33(47)23-34(48)30(18-24)14-16-45/h16,18,20,25,27-33,35-39,46-47,52H,9-15,17,19,21-23H2,1-8H3/b24-18+,26-20?. The zero-order valence-electron chi connectivity index (χ0n) is 35.1. The van der Waals surface area contributed by atoms with E-state index in [9.17, 15) is 39.3 Å². The summed E-state index contributed by atoms with van der Waals surface area (Å²) in [6.45, 7) is 9.00. The third-order valence-corrected chi connectivity index (χ3v) is 12.8. The van der Waals surface area contributed by atoms with E-state index in [1.807, 2.05) is 19.9 Å². The van der Waals surface area contributed by atoms with Crippen molar-refractivity contribution in [1.29, 1.82) is 0 Å². The predicted molar refractivity (Wildman–Crippen MR) is 208 cm³/mol. The lowest BCUT2D eigenvalue weighted by molar-refractivity contribution is -0.302. The van der Waals surface area contributed by atoms with E-state index >= 15 is 0 Å². The van der Waals surface area contributed by atoms with Crippen LogP contribution in [0.4, 0.5) is 0 Å². The fourth-order valence-electron chi connectivity index (χ4n) is 9.35. The number of aldehydes is 1. The number of fused-ring (bicyclic) bond motifs is 3. The number of rotatable bonds is 7. The molecule has 1 amide bonds. The van der Waals surface area contributed by atoms with Crippen molar-refractivity contribution in [3.05, 3.63) is 23.3 Å². The van der Waals surface area contributed by atoms with Gasteiger partial charge in [0.15, 0.2) is 0 Å². The van der Waals surface area contributed by atoms with Crippen LogP contribution in [0.3, 0.4) is 0 Å². The molecule has 2 saturated heterocycles. The van der Waals surface area contributed by atoms with E-state index in [0.29, 0.717) is 56.8 Å². The summed E-state index contributed by atoms with van der Waals surface area (Å²) in [5, 5.41) is 34.0. The largest absolute Gasteiger partial charge is 0.456 e. The maximum atomic E-state index is 14.3. The quantitative estimate of drug-likeness (QED) is 0.146. The van der Waals surface area contributed by atoms with Crippen molar-refractivity contribution < 1.29 is 63.0 Å². The summed E-state index contributed by atoms with van der Waals surface area (Å²) in [5.41, 5.74) is 1.46. The van der Waals surface area contributed by atoms with E-state index in [0.717, 1.165) is 10.5 Å². The molecule has 1 aliphatic carbocycles. The van der Waals surface area contributed by atoms with Crippen LogP contribution in [-0.2, 0) is 47.7 Å². The Labute approximate surface area is 337 Å². The van der Waals surface area contributed by atoms with Crippen LogP contribution in [0.25, 0.3) is 0 Å². The molecule has 57 heavy (non-hydrogen) atoms. The smallest absolute Gasteiger partial charge is 0.329 e. The maximum absolute atomic E-state index is 14.3. The average molecular weight is 806 g/mol. The molecule has 3 heterocycles. The highest BCUT2D eigenvalue weighted by atomic mass is 16.7. The molecule has 14 heteroatoms. The summed E-state index contributed by atoms with van der Waals surface area (Å²) in [6, 6.07) is -1.17. The average Bonchev–Trinajstić information content (AvgIpc) is 3.18. The van der Waals surface area contributed by atoms with Crippen molar-refractivity contribution in [3.8, 4) is 0 Å². The van der Waals surface area contributed by atoms with Crippen LogP contribution >= 0.6 is 0 Å². The van der Waals surface area contributed by atoms with Gasteiger partial charge in [-0.1, -0.05) is 38.5 Å². The fourth-order valence-corrected chi connectivity index (χ4v) is 9.35. The molecule has 14 atom stereocenters. The number of methoxy groups -OCH3 is 3. The van der Waals surface area contributed by atoms with E-state index in [-0.39, 0.29) is 56.0 Å². The minimum atomic E-state index is -2.53. The first kappa shape index (κ1) is 46.8. The van der Waals surface area contributed by atoms with Crippen LogP contribution in [0.2, 0.25) is 0 Å². The first-order chi connectivity index (χ1) is 27.0. The molecule has 3 N–H and O–H groups in total.